The van der Waals surface area contributed by atoms with Crippen LogP contribution >= 0.6 is 15.9 Å². The van der Waals surface area contributed by atoms with Crippen molar-refractivity contribution in [3.63, 3.8) is 0 Å². The summed E-state index contributed by atoms with van der Waals surface area (Å²) >= 11 is 3.16. The van der Waals surface area contributed by atoms with Gasteiger partial charge in [-0.2, -0.15) is 0 Å². The molecule has 0 saturated heterocycles. The number of hydrogen-bond acceptors (Lipinski definition) is 2. The minimum atomic E-state index is -0.273. The Morgan fingerprint density at radius 1 is 1.41 bits per heavy atom. The number of ether oxygens (including phenoxy) is 1. The fourth-order valence-corrected chi connectivity index (χ4v) is 1.78. The van der Waals surface area contributed by atoms with Crippen LogP contribution in [0.25, 0.3) is 0 Å². The van der Waals surface area contributed by atoms with E-state index in [9.17, 15) is 4.39 Å². The second kappa shape index (κ2) is 6.97. The van der Waals surface area contributed by atoms with Crippen LogP contribution in [0.5, 0.6) is 5.75 Å². The molecule has 1 N–H and O–H groups in total. The van der Waals surface area contributed by atoms with Gasteiger partial charge in [-0.05, 0) is 46.6 Å². The van der Waals surface area contributed by atoms with Gasteiger partial charge in [0, 0.05) is 6.54 Å². The maximum atomic E-state index is 13.1. The molecule has 1 aromatic carbocycles. The molecule has 0 saturated carbocycles. The molecule has 0 aliphatic heterocycles. The minimum absolute atomic E-state index is 0.0901. The van der Waals surface area contributed by atoms with E-state index in [1.54, 1.807) is 12.1 Å². The van der Waals surface area contributed by atoms with Crippen LogP contribution in [0, 0.1) is 11.7 Å². The van der Waals surface area contributed by atoms with Gasteiger partial charge in [-0.1, -0.05) is 20.8 Å². The molecule has 1 rings (SSSR count). The van der Waals surface area contributed by atoms with E-state index >= 15 is 0 Å². The SMILES string of the molecule is CCNCC(Oc1ccc(F)c(Br)c1)C(C)C. The first-order chi connectivity index (χ1) is 8.04. The van der Waals surface area contributed by atoms with Gasteiger partial charge in [-0.3, -0.25) is 0 Å². The number of likely N-dealkylation sites (N-methyl/N-ethyl adjacent to an activating group) is 1. The third kappa shape index (κ3) is 4.64. The maximum Gasteiger partial charge on any atom is 0.137 e. The lowest BCUT2D eigenvalue weighted by Crippen LogP contribution is -2.35. The quantitative estimate of drug-likeness (QED) is 0.867. The van der Waals surface area contributed by atoms with Crippen molar-refractivity contribution in [1.29, 1.82) is 0 Å². The van der Waals surface area contributed by atoms with Crippen LogP contribution in [0.4, 0.5) is 4.39 Å². The molecule has 0 aromatic heterocycles. The van der Waals surface area contributed by atoms with Crippen LogP contribution in [0.1, 0.15) is 20.8 Å². The largest absolute Gasteiger partial charge is 0.489 e. The molecular weight excluding hydrogens is 285 g/mol. The summed E-state index contributed by atoms with van der Waals surface area (Å²) in [4.78, 5) is 0. The van der Waals surface area contributed by atoms with Crippen molar-refractivity contribution in [3.8, 4) is 5.75 Å². The van der Waals surface area contributed by atoms with Crippen molar-refractivity contribution in [2.24, 2.45) is 5.92 Å². The topological polar surface area (TPSA) is 21.3 Å². The van der Waals surface area contributed by atoms with Crippen LogP contribution in [0.15, 0.2) is 22.7 Å². The third-order valence-corrected chi connectivity index (χ3v) is 3.13. The van der Waals surface area contributed by atoms with Gasteiger partial charge in [0.15, 0.2) is 0 Å². The Morgan fingerprint density at radius 3 is 2.65 bits per heavy atom. The van der Waals surface area contributed by atoms with Crippen molar-refractivity contribution < 1.29 is 9.13 Å². The molecule has 1 unspecified atom stereocenters. The van der Waals surface area contributed by atoms with Gasteiger partial charge < -0.3 is 10.1 Å². The van der Waals surface area contributed by atoms with Crippen molar-refractivity contribution in [3.05, 3.63) is 28.5 Å². The lowest BCUT2D eigenvalue weighted by molar-refractivity contribution is 0.149. The summed E-state index contributed by atoms with van der Waals surface area (Å²) in [5, 5.41) is 3.27. The van der Waals surface area contributed by atoms with Gasteiger partial charge >= 0.3 is 0 Å². The molecule has 0 amide bonds. The van der Waals surface area contributed by atoms with E-state index in [1.165, 1.54) is 6.07 Å². The van der Waals surface area contributed by atoms with Crippen LogP contribution in [0.2, 0.25) is 0 Å². The number of nitrogens with one attached hydrogen (secondary N) is 1. The third-order valence-electron chi connectivity index (χ3n) is 2.52. The average molecular weight is 304 g/mol. The first-order valence-corrected chi connectivity index (χ1v) is 6.66. The summed E-state index contributed by atoms with van der Waals surface area (Å²) in [6.45, 7) is 8.00. The normalized spacial score (nSPS) is 12.8. The molecule has 4 heteroatoms. The standard InChI is InChI=1S/C13H19BrFNO/c1-4-16-8-13(9(2)3)17-10-5-6-12(15)11(14)7-10/h5-7,9,13,16H,4,8H2,1-3H3. The zero-order valence-corrected chi connectivity index (χ0v) is 12.1. The monoisotopic (exact) mass is 303 g/mol. The zero-order chi connectivity index (χ0) is 12.8. The van der Waals surface area contributed by atoms with Gasteiger partial charge in [0.1, 0.15) is 17.7 Å². The van der Waals surface area contributed by atoms with E-state index < -0.39 is 0 Å². The highest BCUT2D eigenvalue weighted by Crippen LogP contribution is 2.23. The van der Waals surface area contributed by atoms with Crippen LogP contribution in [-0.4, -0.2) is 19.2 Å². The minimum Gasteiger partial charge on any atom is -0.489 e. The van der Waals surface area contributed by atoms with E-state index in [0.717, 1.165) is 13.1 Å². The Morgan fingerprint density at radius 2 is 2.12 bits per heavy atom. The molecule has 0 spiro atoms. The molecule has 96 valence electrons. The maximum absolute atomic E-state index is 13.1. The first-order valence-electron chi connectivity index (χ1n) is 5.87. The van der Waals surface area contributed by atoms with E-state index in [4.69, 9.17) is 4.74 Å². The second-order valence-corrected chi connectivity index (χ2v) is 5.14. The fraction of sp³-hybridized carbons (Fsp3) is 0.538. The number of halogens is 2. The predicted molar refractivity (Wildman–Crippen MR) is 71.9 cm³/mol. The summed E-state index contributed by atoms with van der Waals surface area (Å²) < 4.78 is 19.4. The van der Waals surface area contributed by atoms with Crippen LogP contribution < -0.4 is 10.1 Å². The van der Waals surface area contributed by atoms with Crippen LogP contribution in [0.3, 0.4) is 0 Å². The van der Waals surface area contributed by atoms with E-state index in [1.807, 2.05) is 0 Å². The second-order valence-electron chi connectivity index (χ2n) is 4.28. The summed E-state index contributed by atoms with van der Waals surface area (Å²) in [7, 11) is 0. The Labute approximate surface area is 111 Å². The first kappa shape index (κ1) is 14.5. The lowest BCUT2D eigenvalue weighted by atomic mass is 10.1. The molecule has 0 heterocycles. The molecule has 2 nitrogen and oxygen atoms in total. The van der Waals surface area contributed by atoms with Gasteiger partial charge in [-0.25, -0.2) is 4.39 Å². The lowest BCUT2D eigenvalue weighted by Gasteiger charge is -2.23. The van der Waals surface area contributed by atoms with E-state index in [0.29, 0.717) is 16.1 Å². The van der Waals surface area contributed by atoms with Crippen molar-refractivity contribution in [2.45, 2.75) is 26.9 Å². The predicted octanol–water partition coefficient (Wildman–Crippen LogP) is 3.60. The van der Waals surface area contributed by atoms with Crippen molar-refractivity contribution >= 4 is 15.9 Å². The molecule has 1 aromatic rings. The Bertz CT molecular complexity index is 357. The van der Waals surface area contributed by atoms with E-state index in [2.05, 4.69) is 42.0 Å². The number of benzene rings is 1. The summed E-state index contributed by atoms with van der Waals surface area (Å²) in [5.41, 5.74) is 0. The number of hydrogen-bond donors (Lipinski definition) is 1. The molecule has 17 heavy (non-hydrogen) atoms. The summed E-state index contributed by atoms with van der Waals surface area (Å²) in [5.74, 6) is 0.817. The van der Waals surface area contributed by atoms with Gasteiger partial charge in [0.25, 0.3) is 0 Å². The molecule has 0 aliphatic rings. The average Bonchev–Trinajstić information content (AvgIpc) is 2.28. The van der Waals surface area contributed by atoms with Crippen LogP contribution in [-0.2, 0) is 0 Å². The Hall–Kier alpha value is -0.610. The molecular formula is C13H19BrFNO. The molecule has 0 radical (unpaired) electrons. The van der Waals surface area contributed by atoms with Gasteiger partial charge in [0.2, 0.25) is 0 Å². The smallest absolute Gasteiger partial charge is 0.137 e. The van der Waals surface area contributed by atoms with E-state index in [-0.39, 0.29) is 11.9 Å². The summed E-state index contributed by atoms with van der Waals surface area (Å²) in [6, 6.07) is 4.72. The van der Waals surface area contributed by atoms with Gasteiger partial charge in [-0.15, -0.1) is 0 Å². The Kier molecular flexibility index (Phi) is 5.92. The molecule has 0 fully saturated rings. The highest BCUT2D eigenvalue weighted by Gasteiger charge is 2.15. The molecule has 0 aliphatic carbocycles. The fourth-order valence-electron chi connectivity index (χ4n) is 1.43. The van der Waals surface area contributed by atoms with Crippen molar-refractivity contribution in [1.82, 2.24) is 5.32 Å². The Balaban J connectivity index is 2.68. The molecule has 0 bridgehead atoms. The van der Waals surface area contributed by atoms with Gasteiger partial charge in [0.05, 0.1) is 4.47 Å². The number of rotatable bonds is 6. The van der Waals surface area contributed by atoms with Crippen molar-refractivity contribution in [2.75, 3.05) is 13.1 Å². The molecule has 1 atom stereocenters. The highest BCUT2D eigenvalue weighted by molar-refractivity contribution is 9.10. The zero-order valence-electron chi connectivity index (χ0n) is 10.5. The summed E-state index contributed by atoms with van der Waals surface area (Å²) in [6.07, 6.45) is 0.0901. The highest BCUT2D eigenvalue weighted by atomic mass is 79.9.